The van der Waals surface area contributed by atoms with Gasteiger partial charge in [-0.3, -0.25) is 28.6 Å². The van der Waals surface area contributed by atoms with E-state index in [0.717, 1.165) is 49.3 Å². The van der Waals surface area contributed by atoms with Crippen molar-refractivity contribution in [3.8, 4) is 5.75 Å². The Bertz CT molecular complexity index is 1340. The van der Waals surface area contributed by atoms with Gasteiger partial charge in [-0.05, 0) is 42.3 Å². The normalized spacial score (nSPS) is 14.3. The van der Waals surface area contributed by atoms with Crippen molar-refractivity contribution in [1.82, 2.24) is 19.0 Å². The summed E-state index contributed by atoms with van der Waals surface area (Å²) in [5, 5.41) is 0. The lowest BCUT2D eigenvalue weighted by molar-refractivity contribution is 0.104. The summed E-state index contributed by atoms with van der Waals surface area (Å²) in [6, 6.07) is 12.5. The monoisotopic (exact) mass is 489 g/mol. The van der Waals surface area contributed by atoms with Crippen LogP contribution in [0.15, 0.2) is 70.5 Å². The number of nitrogens with zero attached hydrogens (tertiary/aromatic N) is 5. The first kappa shape index (κ1) is 25.1. The Morgan fingerprint density at radius 1 is 1.00 bits per heavy atom. The van der Waals surface area contributed by atoms with Gasteiger partial charge in [0.1, 0.15) is 11.6 Å². The van der Waals surface area contributed by atoms with Crippen molar-refractivity contribution in [3.63, 3.8) is 0 Å². The lowest BCUT2D eigenvalue weighted by Crippen LogP contribution is -2.49. The van der Waals surface area contributed by atoms with Gasteiger partial charge in [0.15, 0.2) is 5.78 Å². The third-order valence-corrected chi connectivity index (χ3v) is 6.36. The van der Waals surface area contributed by atoms with Crippen LogP contribution in [0.25, 0.3) is 6.08 Å². The molecule has 0 amide bonds. The van der Waals surface area contributed by atoms with Gasteiger partial charge in [-0.2, -0.15) is 0 Å². The molecule has 0 N–H and O–H groups in total. The molecule has 0 radical (unpaired) electrons. The Morgan fingerprint density at radius 3 is 2.47 bits per heavy atom. The maximum absolute atomic E-state index is 12.7. The molecule has 0 aliphatic carbocycles. The highest BCUT2D eigenvalue weighted by atomic mass is 16.5. The average Bonchev–Trinajstić information content (AvgIpc) is 2.92. The molecule has 3 aromatic rings. The van der Waals surface area contributed by atoms with Crippen LogP contribution in [0, 0.1) is 0 Å². The molecular weight excluding hydrogens is 458 g/mol. The second-order valence-corrected chi connectivity index (χ2v) is 8.75. The zero-order chi connectivity index (χ0) is 25.5. The fraction of sp³-hybridized carbons (Fsp3) is 0.333. The number of ether oxygens (including phenoxy) is 1. The van der Waals surface area contributed by atoms with Crippen molar-refractivity contribution >= 4 is 17.7 Å². The summed E-state index contributed by atoms with van der Waals surface area (Å²) in [5.74, 6) is 1.13. The van der Waals surface area contributed by atoms with E-state index >= 15 is 0 Å². The highest BCUT2D eigenvalue weighted by Gasteiger charge is 2.20. The third kappa shape index (κ3) is 5.98. The SMILES string of the molecule is Cn1c(N2CCN(CCCOc3ccccc3C(=O)/C=C/c3ccncc3)CC2)cc(=O)n(C)c1=O. The summed E-state index contributed by atoms with van der Waals surface area (Å²) < 4.78 is 8.61. The molecule has 1 fully saturated rings. The number of aromatic nitrogens is 3. The molecule has 9 nitrogen and oxygen atoms in total. The van der Waals surface area contributed by atoms with E-state index in [4.69, 9.17) is 4.74 Å². The molecule has 188 valence electrons. The van der Waals surface area contributed by atoms with Gasteiger partial charge in [0.05, 0.1) is 12.2 Å². The number of benzene rings is 1. The molecule has 0 spiro atoms. The number of rotatable bonds is 9. The van der Waals surface area contributed by atoms with E-state index in [9.17, 15) is 14.4 Å². The minimum atomic E-state index is -0.316. The van der Waals surface area contributed by atoms with Crippen LogP contribution in [0.2, 0.25) is 0 Å². The Balaban J connectivity index is 1.26. The van der Waals surface area contributed by atoms with Crippen LogP contribution >= 0.6 is 0 Å². The molecule has 1 saturated heterocycles. The average molecular weight is 490 g/mol. The summed E-state index contributed by atoms with van der Waals surface area (Å²) in [6.45, 7) is 4.50. The molecule has 1 aliphatic heterocycles. The van der Waals surface area contributed by atoms with Crippen molar-refractivity contribution < 1.29 is 9.53 Å². The van der Waals surface area contributed by atoms with Gasteiger partial charge in [0.25, 0.3) is 5.56 Å². The molecule has 9 heteroatoms. The van der Waals surface area contributed by atoms with E-state index < -0.39 is 0 Å². The Hall–Kier alpha value is -3.98. The number of para-hydroxylation sites is 1. The number of hydrogen-bond donors (Lipinski definition) is 0. The number of carbonyl (C=O) groups excluding carboxylic acids is 1. The van der Waals surface area contributed by atoms with E-state index in [1.807, 2.05) is 30.3 Å². The molecule has 1 aromatic carbocycles. The molecule has 0 bridgehead atoms. The standard InChI is InChI=1S/C27H31N5O4/c1-29-25(20-26(34)30(2)27(29)35)32-17-15-31(16-18-32)14-5-19-36-24-7-4-3-6-22(24)23(33)9-8-21-10-12-28-13-11-21/h3-4,6-13,20H,5,14-19H2,1-2H3/b9-8+. The number of allylic oxidation sites excluding steroid dienone is 1. The summed E-state index contributed by atoms with van der Waals surface area (Å²) in [6.07, 6.45) is 7.52. The molecule has 1 aliphatic rings. The van der Waals surface area contributed by atoms with Crippen LogP contribution in [0.5, 0.6) is 5.75 Å². The number of hydrogen-bond acceptors (Lipinski definition) is 7. The predicted octanol–water partition coefficient (Wildman–Crippen LogP) is 1.97. The maximum atomic E-state index is 12.7. The van der Waals surface area contributed by atoms with E-state index in [0.29, 0.717) is 23.7 Å². The van der Waals surface area contributed by atoms with Crippen molar-refractivity contribution in [2.24, 2.45) is 14.1 Å². The third-order valence-electron chi connectivity index (χ3n) is 6.36. The van der Waals surface area contributed by atoms with Gasteiger partial charge >= 0.3 is 5.69 Å². The lowest BCUT2D eigenvalue weighted by atomic mass is 10.1. The Morgan fingerprint density at radius 2 is 1.72 bits per heavy atom. The Kier molecular flexibility index (Phi) is 8.12. The fourth-order valence-corrected chi connectivity index (χ4v) is 4.23. The number of carbonyl (C=O) groups is 1. The van der Waals surface area contributed by atoms with Gasteiger partial charge in [-0.1, -0.05) is 18.2 Å². The molecule has 0 atom stereocenters. The van der Waals surface area contributed by atoms with Gasteiger partial charge in [-0.15, -0.1) is 0 Å². The van der Waals surface area contributed by atoms with E-state index in [1.165, 1.54) is 17.7 Å². The van der Waals surface area contributed by atoms with Crippen LogP contribution in [-0.2, 0) is 14.1 Å². The van der Waals surface area contributed by atoms with Gasteiger partial charge in [-0.25, -0.2) is 4.79 Å². The highest BCUT2D eigenvalue weighted by molar-refractivity contribution is 6.08. The zero-order valence-electron chi connectivity index (χ0n) is 20.7. The smallest absolute Gasteiger partial charge is 0.332 e. The van der Waals surface area contributed by atoms with Crippen LogP contribution in [0.1, 0.15) is 22.3 Å². The van der Waals surface area contributed by atoms with E-state index in [2.05, 4.69) is 14.8 Å². The van der Waals surface area contributed by atoms with Gasteiger partial charge in [0.2, 0.25) is 0 Å². The highest BCUT2D eigenvalue weighted by Crippen LogP contribution is 2.20. The van der Waals surface area contributed by atoms with Crippen LogP contribution in [0.4, 0.5) is 5.82 Å². The second kappa shape index (κ2) is 11.6. The molecule has 2 aromatic heterocycles. The lowest BCUT2D eigenvalue weighted by Gasteiger charge is -2.36. The predicted molar refractivity (Wildman–Crippen MR) is 140 cm³/mol. The first-order chi connectivity index (χ1) is 17.4. The molecule has 36 heavy (non-hydrogen) atoms. The largest absolute Gasteiger partial charge is 0.493 e. The maximum Gasteiger partial charge on any atom is 0.332 e. The minimum absolute atomic E-state index is 0.108. The number of anilines is 1. The summed E-state index contributed by atoms with van der Waals surface area (Å²) in [4.78, 5) is 45.4. The van der Waals surface area contributed by atoms with Crippen LogP contribution < -0.4 is 20.9 Å². The van der Waals surface area contributed by atoms with Crippen LogP contribution in [-0.4, -0.2) is 64.1 Å². The van der Waals surface area contributed by atoms with Crippen LogP contribution in [0.3, 0.4) is 0 Å². The first-order valence-electron chi connectivity index (χ1n) is 12.0. The van der Waals surface area contributed by atoms with Gasteiger partial charge < -0.3 is 9.64 Å². The number of pyridine rings is 1. The number of ketones is 1. The van der Waals surface area contributed by atoms with E-state index in [-0.39, 0.29) is 17.0 Å². The van der Waals surface area contributed by atoms with E-state index in [1.54, 1.807) is 37.7 Å². The molecular formula is C27H31N5O4. The minimum Gasteiger partial charge on any atom is -0.493 e. The fourth-order valence-electron chi connectivity index (χ4n) is 4.23. The topological polar surface area (TPSA) is 89.7 Å². The molecule has 4 rings (SSSR count). The zero-order valence-corrected chi connectivity index (χ0v) is 20.7. The Labute approximate surface area is 209 Å². The van der Waals surface area contributed by atoms with Crippen molar-refractivity contribution in [2.45, 2.75) is 6.42 Å². The summed E-state index contributed by atoms with van der Waals surface area (Å²) in [7, 11) is 3.18. The molecule has 0 unspecified atom stereocenters. The molecule has 0 saturated carbocycles. The summed E-state index contributed by atoms with van der Waals surface area (Å²) in [5.41, 5.74) is 0.841. The van der Waals surface area contributed by atoms with Crippen molar-refractivity contribution in [1.29, 1.82) is 0 Å². The number of piperazine rings is 1. The van der Waals surface area contributed by atoms with Gasteiger partial charge in [0, 0.05) is 65.3 Å². The first-order valence-corrected chi connectivity index (χ1v) is 12.0. The molecule has 3 heterocycles. The second-order valence-electron chi connectivity index (χ2n) is 8.75. The summed E-state index contributed by atoms with van der Waals surface area (Å²) >= 11 is 0. The van der Waals surface area contributed by atoms with Crippen molar-refractivity contribution in [2.75, 3.05) is 44.2 Å². The quantitative estimate of drug-likeness (QED) is 0.258. The van der Waals surface area contributed by atoms with Crippen molar-refractivity contribution in [3.05, 3.63) is 92.9 Å².